The van der Waals surface area contributed by atoms with E-state index in [9.17, 15) is 0 Å². The molecule has 0 bridgehead atoms. The Labute approximate surface area is 175 Å². The van der Waals surface area contributed by atoms with Crippen molar-refractivity contribution in [3.05, 3.63) is 82.0 Å². The molecule has 0 unspecified atom stereocenters. The molecule has 4 rings (SSSR count). The Kier molecular flexibility index (Phi) is 4.96. The van der Waals surface area contributed by atoms with Crippen LogP contribution in [0.2, 0.25) is 5.15 Å². The molecule has 2 heterocycles. The largest absolute Gasteiger partial charge is 0.364 e. The van der Waals surface area contributed by atoms with Crippen LogP contribution in [0.5, 0.6) is 0 Å². The van der Waals surface area contributed by atoms with Gasteiger partial charge in [-0.1, -0.05) is 53.6 Å². The molecule has 2 N–H and O–H groups in total. The van der Waals surface area contributed by atoms with Crippen LogP contribution in [0.15, 0.2) is 54.6 Å². The molecule has 0 amide bonds. The summed E-state index contributed by atoms with van der Waals surface area (Å²) in [6.07, 6.45) is 2.14. The van der Waals surface area contributed by atoms with Crippen molar-refractivity contribution in [1.82, 2.24) is 20.7 Å². The van der Waals surface area contributed by atoms with Gasteiger partial charge in [-0.25, -0.2) is 4.98 Å². The third-order valence-corrected chi connectivity index (χ3v) is 5.61. The normalized spacial score (nSPS) is 16.1. The van der Waals surface area contributed by atoms with E-state index in [1.165, 1.54) is 5.56 Å². The van der Waals surface area contributed by atoms with Gasteiger partial charge in [0.05, 0.1) is 11.2 Å². The molecular formula is C22H21ClN4S. The van der Waals surface area contributed by atoms with Crippen LogP contribution in [0.4, 0.5) is 0 Å². The minimum absolute atomic E-state index is 0.165. The van der Waals surface area contributed by atoms with Crippen LogP contribution in [-0.4, -0.2) is 22.2 Å². The first-order chi connectivity index (χ1) is 13.5. The Morgan fingerprint density at radius 1 is 1.11 bits per heavy atom. The van der Waals surface area contributed by atoms with E-state index in [1.54, 1.807) is 0 Å². The highest BCUT2D eigenvalue weighted by Gasteiger charge is 2.30. The first-order valence-electron chi connectivity index (χ1n) is 9.09. The van der Waals surface area contributed by atoms with Crippen molar-refractivity contribution in [1.29, 1.82) is 0 Å². The molecule has 3 aromatic rings. The summed E-state index contributed by atoms with van der Waals surface area (Å²) in [6, 6.07) is 16.5. The molecule has 2 aromatic carbocycles. The second-order valence-corrected chi connectivity index (χ2v) is 7.74. The van der Waals surface area contributed by atoms with Gasteiger partial charge < -0.3 is 5.32 Å². The first kappa shape index (κ1) is 18.7. The number of hydrogen-bond donors (Lipinski definition) is 2. The number of halogens is 1. The number of nitrogens with one attached hydrogen (secondary N) is 2. The Bertz CT molecular complexity index is 1090. The number of thiocarbonyl (C=S) groups is 1. The minimum atomic E-state index is -0.165. The van der Waals surface area contributed by atoms with E-state index in [1.807, 2.05) is 25.0 Å². The van der Waals surface area contributed by atoms with Gasteiger partial charge in [-0.15, -0.1) is 0 Å². The summed E-state index contributed by atoms with van der Waals surface area (Å²) in [5, 5.41) is 7.08. The van der Waals surface area contributed by atoms with Gasteiger partial charge in [0, 0.05) is 18.0 Å². The van der Waals surface area contributed by atoms with Crippen LogP contribution in [0.25, 0.3) is 16.6 Å². The molecule has 1 aliphatic heterocycles. The van der Waals surface area contributed by atoms with Crippen LogP contribution in [0.3, 0.4) is 0 Å². The molecule has 0 spiro atoms. The summed E-state index contributed by atoms with van der Waals surface area (Å²) in [4.78, 5) is 4.63. The second kappa shape index (κ2) is 7.41. The zero-order valence-electron chi connectivity index (χ0n) is 16.0. The number of aromatic nitrogens is 1. The molecule has 28 heavy (non-hydrogen) atoms. The fourth-order valence-electron chi connectivity index (χ4n) is 3.37. The number of nitrogens with zero attached hydrogens (tertiary/aromatic N) is 2. The van der Waals surface area contributed by atoms with Crippen molar-refractivity contribution >= 4 is 45.5 Å². The molecule has 142 valence electrons. The molecule has 6 heteroatoms. The Hall–Kier alpha value is -2.63. The van der Waals surface area contributed by atoms with Crippen molar-refractivity contribution < 1.29 is 0 Å². The van der Waals surface area contributed by atoms with Gasteiger partial charge in [-0.3, -0.25) is 10.4 Å². The van der Waals surface area contributed by atoms with Gasteiger partial charge in [0.1, 0.15) is 11.2 Å². The molecule has 0 radical (unpaired) electrons. The van der Waals surface area contributed by atoms with E-state index < -0.39 is 0 Å². The van der Waals surface area contributed by atoms with E-state index >= 15 is 0 Å². The summed E-state index contributed by atoms with van der Waals surface area (Å²) in [5.74, 6) is 0. The van der Waals surface area contributed by atoms with Gasteiger partial charge in [0.2, 0.25) is 0 Å². The first-order valence-corrected chi connectivity index (χ1v) is 9.88. The summed E-state index contributed by atoms with van der Waals surface area (Å²) in [7, 11) is 1.81. The fraction of sp³-hybridized carbons (Fsp3) is 0.182. The maximum absolute atomic E-state index is 6.60. The average molecular weight is 409 g/mol. The lowest BCUT2D eigenvalue weighted by atomic mass is 10.0. The molecule has 4 nitrogen and oxygen atoms in total. The Morgan fingerprint density at radius 2 is 1.82 bits per heavy atom. The number of pyridine rings is 1. The van der Waals surface area contributed by atoms with E-state index in [-0.39, 0.29) is 6.04 Å². The standard InChI is InChI=1S/C22H21ClN4S/c1-13-4-7-15(8-5-13)19-12-20(27(26-19)22(28)24-3)17-11-16-9-6-14(2)10-18(16)25-21(17)23/h4-12,20,26H,1-3H3,(H,24,28)/t20-/m1/s1. The zero-order chi connectivity index (χ0) is 19.8. The number of hydrazine groups is 1. The Balaban J connectivity index is 1.81. The van der Waals surface area contributed by atoms with Crippen LogP contribution in [0, 0.1) is 13.8 Å². The maximum Gasteiger partial charge on any atom is 0.188 e. The summed E-state index contributed by atoms with van der Waals surface area (Å²) < 4.78 is 0. The van der Waals surface area contributed by atoms with Gasteiger partial charge in [0.25, 0.3) is 0 Å². The number of aryl methyl sites for hydroxylation is 2. The summed E-state index contributed by atoms with van der Waals surface area (Å²) >= 11 is 12.1. The third-order valence-electron chi connectivity index (χ3n) is 4.91. The average Bonchev–Trinajstić information content (AvgIpc) is 3.12. The summed E-state index contributed by atoms with van der Waals surface area (Å²) in [5.41, 5.74) is 9.68. The van der Waals surface area contributed by atoms with E-state index in [0.29, 0.717) is 10.3 Å². The number of fused-ring (bicyclic) bond motifs is 1. The number of rotatable bonds is 2. The van der Waals surface area contributed by atoms with Gasteiger partial charge in [-0.2, -0.15) is 0 Å². The lowest BCUT2D eigenvalue weighted by Crippen LogP contribution is -2.44. The predicted octanol–water partition coefficient (Wildman–Crippen LogP) is 4.91. The van der Waals surface area contributed by atoms with Crippen LogP contribution in [-0.2, 0) is 0 Å². The Morgan fingerprint density at radius 3 is 2.54 bits per heavy atom. The van der Waals surface area contributed by atoms with Crippen molar-refractivity contribution in [2.45, 2.75) is 19.9 Å². The van der Waals surface area contributed by atoms with Crippen molar-refractivity contribution in [3.8, 4) is 0 Å². The highest BCUT2D eigenvalue weighted by molar-refractivity contribution is 7.80. The van der Waals surface area contributed by atoms with Gasteiger partial charge in [-0.05, 0) is 55.4 Å². The van der Waals surface area contributed by atoms with Crippen LogP contribution >= 0.6 is 23.8 Å². The fourth-order valence-corrected chi connectivity index (χ4v) is 3.78. The lowest BCUT2D eigenvalue weighted by Gasteiger charge is -2.27. The molecule has 1 atom stereocenters. The molecule has 1 aliphatic rings. The minimum Gasteiger partial charge on any atom is -0.364 e. The smallest absolute Gasteiger partial charge is 0.188 e. The topological polar surface area (TPSA) is 40.2 Å². The van der Waals surface area contributed by atoms with Crippen molar-refractivity contribution in [2.24, 2.45) is 0 Å². The second-order valence-electron chi connectivity index (χ2n) is 6.99. The molecule has 0 aliphatic carbocycles. The van der Waals surface area contributed by atoms with Crippen molar-refractivity contribution in [3.63, 3.8) is 0 Å². The van der Waals surface area contributed by atoms with E-state index in [0.717, 1.165) is 33.3 Å². The van der Waals surface area contributed by atoms with E-state index in [2.05, 4.69) is 71.2 Å². The zero-order valence-corrected chi connectivity index (χ0v) is 17.5. The molecular weight excluding hydrogens is 388 g/mol. The van der Waals surface area contributed by atoms with Crippen LogP contribution < -0.4 is 10.7 Å². The molecule has 1 aromatic heterocycles. The highest BCUT2D eigenvalue weighted by Crippen LogP contribution is 2.36. The highest BCUT2D eigenvalue weighted by atomic mass is 35.5. The predicted molar refractivity (Wildman–Crippen MR) is 120 cm³/mol. The summed E-state index contributed by atoms with van der Waals surface area (Å²) in [6.45, 7) is 4.13. The van der Waals surface area contributed by atoms with E-state index in [4.69, 9.17) is 23.8 Å². The monoisotopic (exact) mass is 408 g/mol. The third kappa shape index (κ3) is 3.43. The van der Waals surface area contributed by atoms with Crippen LogP contribution in [0.1, 0.15) is 28.3 Å². The van der Waals surface area contributed by atoms with Gasteiger partial charge in [0.15, 0.2) is 5.11 Å². The molecule has 0 saturated carbocycles. The molecule has 0 fully saturated rings. The van der Waals surface area contributed by atoms with Crippen molar-refractivity contribution in [2.75, 3.05) is 7.05 Å². The SMILES string of the molecule is CNC(=S)N1NC(c2ccc(C)cc2)=C[C@@H]1c1cc2ccc(C)cc2nc1Cl. The van der Waals surface area contributed by atoms with Gasteiger partial charge >= 0.3 is 0 Å². The quantitative estimate of drug-likeness (QED) is 0.465. The number of benzene rings is 2. The maximum atomic E-state index is 6.60. The molecule has 0 saturated heterocycles. The number of hydrogen-bond acceptors (Lipinski definition) is 3. The lowest BCUT2D eigenvalue weighted by molar-refractivity contribution is 0.339.